The Morgan fingerprint density at radius 3 is 2.52 bits per heavy atom. The number of phenols is 2. The first kappa shape index (κ1) is 20.8. The Hall–Kier alpha value is -3.51. The minimum Gasteiger partial charge on any atom is -0.508 e. The lowest BCUT2D eigenvalue weighted by Crippen LogP contribution is -2.29. The average Bonchev–Trinajstić information content (AvgIpc) is 2.67. The van der Waals surface area contributed by atoms with Crippen molar-refractivity contribution in [3.8, 4) is 28.4 Å². The second-order valence-corrected chi connectivity index (χ2v) is 8.45. The molecule has 0 saturated carbocycles. The number of aliphatic hydroxyl groups is 1. The first-order valence-electron chi connectivity index (χ1n) is 9.93. The molecule has 6 nitrogen and oxygen atoms in total. The highest BCUT2D eigenvalue weighted by Crippen LogP contribution is 2.47. The molecule has 6 heteroatoms. The number of rotatable bonds is 4. The van der Waals surface area contributed by atoms with E-state index in [4.69, 9.17) is 9.15 Å². The van der Waals surface area contributed by atoms with Gasteiger partial charge >= 0.3 is 0 Å². The van der Waals surface area contributed by atoms with Crippen LogP contribution >= 0.6 is 0 Å². The van der Waals surface area contributed by atoms with Crippen molar-refractivity contribution in [2.24, 2.45) is 0 Å². The summed E-state index contributed by atoms with van der Waals surface area (Å²) in [6.45, 7) is 9.36. The molecule has 0 radical (unpaired) electrons. The van der Waals surface area contributed by atoms with Crippen molar-refractivity contribution in [1.29, 1.82) is 0 Å². The lowest BCUT2D eigenvalue weighted by molar-refractivity contribution is 0.137. The van der Waals surface area contributed by atoms with Gasteiger partial charge in [-0.2, -0.15) is 0 Å². The Balaban J connectivity index is 2.07. The van der Waals surface area contributed by atoms with Crippen molar-refractivity contribution < 1.29 is 24.5 Å². The summed E-state index contributed by atoms with van der Waals surface area (Å²) in [7, 11) is 0. The Bertz CT molecular complexity index is 1280. The van der Waals surface area contributed by atoms with E-state index in [-0.39, 0.29) is 40.2 Å². The van der Waals surface area contributed by atoms with Crippen molar-refractivity contribution in [2.75, 3.05) is 0 Å². The summed E-state index contributed by atoms with van der Waals surface area (Å²) in [5.41, 5.74) is 1.08. The third-order valence-electron chi connectivity index (χ3n) is 5.29. The fourth-order valence-corrected chi connectivity index (χ4v) is 3.79. The zero-order valence-corrected chi connectivity index (χ0v) is 17.6. The molecule has 2 heterocycles. The van der Waals surface area contributed by atoms with Gasteiger partial charge in [0, 0.05) is 0 Å². The molecule has 1 aliphatic rings. The van der Waals surface area contributed by atoms with Crippen LogP contribution in [0.25, 0.3) is 28.2 Å². The Labute approximate surface area is 179 Å². The standard InChI is InChI=1S/C25H24O6/c1-13(2)11-18(27)19-23-16(9-10-25(3,4)31-23)21(28)20-22(29)17(12-30-24(19)20)14-5-7-15(26)8-6-14/h5-10,12,18,26-28H,1,11H2,2-4H3/t18-/m1/s1. The van der Waals surface area contributed by atoms with Gasteiger partial charge in [0.05, 0.1) is 22.8 Å². The van der Waals surface area contributed by atoms with Gasteiger partial charge in [-0.25, -0.2) is 0 Å². The maximum atomic E-state index is 13.4. The average molecular weight is 420 g/mol. The van der Waals surface area contributed by atoms with Gasteiger partial charge < -0.3 is 24.5 Å². The number of hydrogen-bond donors (Lipinski definition) is 3. The summed E-state index contributed by atoms with van der Waals surface area (Å²) in [4.78, 5) is 13.4. The molecule has 0 unspecified atom stereocenters. The molecule has 31 heavy (non-hydrogen) atoms. The predicted octanol–water partition coefficient (Wildman–Crippen LogP) is 5.06. The smallest absolute Gasteiger partial charge is 0.204 e. The predicted molar refractivity (Wildman–Crippen MR) is 119 cm³/mol. The van der Waals surface area contributed by atoms with Crippen LogP contribution in [0.3, 0.4) is 0 Å². The maximum Gasteiger partial charge on any atom is 0.204 e. The van der Waals surface area contributed by atoms with Crippen LogP contribution in [0.15, 0.2) is 58.0 Å². The highest BCUT2D eigenvalue weighted by Gasteiger charge is 2.33. The molecule has 1 aliphatic heterocycles. The van der Waals surface area contributed by atoms with E-state index in [1.165, 1.54) is 18.4 Å². The molecule has 1 aromatic heterocycles. The van der Waals surface area contributed by atoms with E-state index < -0.39 is 17.1 Å². The van der Waals surface area contributed by atoms with E-state index >= 15 is 0 Å². The summed E-state index contributed by atoms with van der Waals surface area (Å²) in [6, 6.07) is 6.11. The molecular weight excluding hydrogens is 396 g/mol. The summed E-state index contributed by atoms with van der Waals surface area (Å²) >= 11 is 0. The SMILES string of the molecule is C=C(C)C[C@@H](O)c1c2c(c(O)c3c(=O)c(-c4ccc(O)cc4)coc13)C=CC(C)(C)O2. The maximum absolute atomic E-state index is 13.4. The number of phenolic OH excluding ortho intramolecular Hbond substituents is 2. The molecule has 2 aromatic carbocycles. The molecule has 3 aromatic rings. The number of aromatic hydroxyl groups is 2. The van der Waals surface area contributed by atoms with Crippen LogP contribution in [0.4, 0.5) is 0 Å². The number of benzene rings is 2. The van der Waals surface area contributed by atoms with E-state index in [0.29, 0.717) is 16.7 Å². The summed E-state index contributed by atoms with van der Waals surface area (Å²) in [5, 5.41) is 31.5. The molecule has 0 amide bonds. The van der Waals surface area contributed by atoms with Crippen molar-refractivity contribution in [2.45, 2.75) is 38.9 Å². The number of hydrogen-bond acceptors (Lipinski definition) is 6. The van der Waals surface area contributed by atoms with E-state index in [0.717, 1.165) is 5.57 Å². The van der Waals surface area contributed by atoms with Crippen LogP contribution in [-0.2, 0) is 0 Å². The number of aliphatic hydroxyl groups excluding tert-OH is 1. The second-order valence-electron chi connectivity index (χ2n) is 8.45. The zero-order valence-electron chi connectivity index (χ0n) is 17.6. The van der Waals surface area contributed by atoms with Crippen LogP contribution in [0.2, 0.25) is 0 Å². The van der Waals surface area contributed by atoms with Crippen molar-refractivity contribution in [3.63, 3.8) is 0 Å². The third-order valence-corrected chi connectivity index (χ3v) is 5.29. The minimum absolute atomic E-state index is 0.0342. The van der Waals surface area contributed by atoms with Gasteiger partial charge in [0.1, 0.15) is 34.5 Å². The van der Waals surface area contributed by atoms with Crippen molar-refractivity contribution in [1.82, 2.24) is 0 Å². The quantitative estimate of drug-likeness (QED) is 0.511. The van der Waals surface area contributed by atoms with Crippen molar-refractivity contribution >= 4 is 17.0 Å². The minimum atomic E-state index is -1.04. The molecule has 0 aliphatic carbocycles. The van der Waals surface area contributed by atoms with Crippen LogP contribution in [0, 0.1) is 0 Å². The molecule has 4 rings (SSSR count). The van der Waals surface area contributed by atoms with Gasteiger partial charge in [-0.05, 0) is 57.0 Å². The van der Waals surface area contributed by atoms with Crippen LogP contribution < -0.4 is 10.2 Å². The molecule has 0 saturated heterocycles. The second kappa shape index (κ2) is 7.32. The fourth-order valence-electron chi connectivity index (χ4n) is 3.79. The number of fused-ring (bicyclic) bond motifs is 2. The first-order valence-corrected chi connectivity index (χ1v) is 9.93. The number of ether oxygens (including phenoxy) is 1. The normalized spacial score (nSPS) is 15.4. The highest BCUT2D eigenvalue weighted by atomic mass is 16.5. The molecular formula is C25H24O6. The van der Waals surface area contributed by atoms with Crippen LogP contribution in [-0.4, -0.2) is 20.9 Å². The summed E-state index contributed by atoms with van der Waals surface area (Å²) in [5.74, 6) is 0.0881. The highest BCUT2D eigenvalue weighted by molar-refractivity contribution is 5.96. The largest absolute Gasteiger partial charge is 0.508 e. The molecule has 0 bridgehead atoms. The lowest BCUT2D eigenvalue weighted by atomic mass is 9.91. The van der Waals surface area contributed by atoms with Gasteiger partial charge in [0.25, 0.3) is 0 Å². The Kier molecular flexibility index (Phi) is 4.90. The van der Waals surface area contributed by atoms with E-state index in [9.17, 15) is 20.1 Å². The summed E-state index contributed by atoms with van der Waals surface area (Å²) in [6.07, 6.45) is 3.96. The molecule has 1 atom stereocenters. The Morgan fingerprint density at radius 2 is 1.87 bits per heavy atom. The topological polar surface area (TPSA) is 100 Å². The van der Waals surface area contributed by atoms with Gasteiger partial charge in [-0.1, -0.05) is 17.7 Å². The molecule has 3 N–H and O–H groups in total. The van der Waals surface area contributed by atoms with Gasteiger partial charge in [-0.3, -0.25) is 4.79 Å². The van der Waals surface area contributed by atoms with Crippen LogP contribution in [0.5, 0.6) is 17.2 Å². The van der Waals surface area contributed by atoms with Gasteiger partial charge in [0.2, 0.25) is 5.43 Å². The van der Waals surface area contributed by atoms with Gasteiger partial charge in [-0.15, -0.1) is 6.58 Å². The van der Waals surface area contributed by atoms with Crippen molar-refractivity contribution in [3.05, 3.63) is 70.1 Å². The Morgan fingerprint density at radius 1 is 1.19 bits per heavy atom. The lowest BCUT2D eigenvalue weighted by Gasteiger charge is -2.31. The third kappa shape index (κ3) is 3.59. The van der Waals surface area contributed by atoms with Crippen LogP contribution in [0.1, 0.15) is 44.4 Å². The zero-order chi connectivity index (χ0) is 22.5. The monoisotopic (exact) mass is 420 g/mol. The molecule has 0 fully saturated rings. The van der Waals surface area contributed by atoms with E-state index in [1.54, 1.807) is 31.2 Å². The van der Waals surface area contributed by atoms with Gasteiger partial charge in [0.15, 0.2) is 5.58 Å². The summed E-state index contributed by atoms with van der Waals surface area (Å²) < 4.78 is 11.9. The molecule has 160 valence electrons. The van der Waals surface area contributed by atoms with E-state index in [1.807, 2.05) is 13.8 Å². The first-order chi connectivity index (χ1) is 14.6. The molecule has 0 spiro atoms. The van der Waals surface area contributed by atoms with E-state index in [2.05, 4.69) is 6.58 Å². The fraction of sp³-hybridized carbons (Fsp3) is 0.240.